The Morgan fingerprint density at radius 1 is 1.21 bits per heavy atom. The first-order valence-electron chi connectivity index (χ1n) is 9.05. The Balaban J connectivity index is 3.05. The second-order valence-electron chi connectivity index (χ2n) is 7.15. The van der Waals surface area contributed by atoms with Crippen molar-refractivity contribution in [2.75, 3.05) is 25.7 Å². The molecule has 6 nitrogen and oxygen atoms in total. The van der Waals surface area contributed by atoms with Crippen LogP contribution in [-0.2, 0) is 24.0 Å². The zero-order valence-corrected chi connectivity index (χ0v) is 17.8. The van der Waals surface area contributed by atoms with Gasteiger partial charge in [0.15, 0.2) is 0 Å². The fraction of sp³-hybridized carbons (Fsp3) is 0.524. The van der Waals surface area contributed by atoms with Crippen LogP contribution in [0.3, 0.4) is 0 Å². The number of hydrogen-bond donors (Lipinski definition) is 1. The van der Waals surface area contributed by atoms with Crippen LogP contribution in [0.4, 0.5) is 0 Å². The van der Waals surface area contributed by atoms with E-state index >= 15 is 0 Å². The molecule has 0 saturated carbocycles. The first-order chi connectivity index (χ1) is 13.3. The van der Waals surface area contributed by atoms with Crippen molar-refractivity contribution in [1.82, 2.24) is 0 Å². The summed E-state index contributed by atoms with van der Waals surface area (Å²) in [4.78, 5) is 28.7. The second-order valence-corrected chi connectivity index (χ2v) is 8.13. The molecule has 0 radical (unpaired) electrons. The average molecular weight is 411 g/mol. The maximum atomic E-state index is 12.6. The highest BCUT2D eigenvalue weighted by Crippen LogP contribution is 2.39. The van der Waals surface area contributed by atoms with Crippen molar-refractivity contribution in [1.29, 1.82) is 0 Å². The average Bonchev–Trinajstić information content (AvgIpc) is 2.72. The van der Waals surface area contributed by atoms with Crippen molar-refractivity contribution in [2.24, 2.45) is 11.3 Å². The highest BCUT2D eigenvalue weighted by atomic mass is 32.2. The van der Waals surface area contributed by atoms with Gasteiger partial charge >= 0.3 is 11.9 Å². The lowest BCUT2D eigenvalue weighted by molar-refractivity contribution is -0.201. The number of esters is 2. The summed E-state index contributed by atoms with van der Waals surface area (Å²) in [6.07, 6.45) is 1.06. The van der Waals surface area contributed by atoms with Gasteiger partial charge in [-0.3, -0.25) is 9.59 Å². The van der Waals surface area contributed by atoms with Crippen molar-refractivity contribution in [3.8, 4) is 0 Å². The standard InChI is InChI=1S/C21H30O6S/c1-15(19(22)25-4)11-18(17-9-7-6-8-10-17)12-21(3,20(23)26-5)14-28-13-16(2)27-24/h6-10,15,18,24H,2,11-14H2,1,3-5H3. The predicted molar refractivity (Wildman–Crippen MR) is 110 cm³/mol. The highest BCUT2D eigenvalue weighted by Gasteiger charge is 2.38. The lowest BCUT2D eigenvalue weighted by Crippen LogP contribution is -2.34. The number of rotatable bonds is 12. The predicted octanol–water partition coefficient (Wildman–Crippen LogP) is 4.28. The van der Waals surface area contributed by atoms with E-state index in [-0.39, 0.29) is 29.5 Å². The number of thioether (sulfide) groups is 1. The summed E-state index contributed by atoms with van der Waals surface area (Å²) in [6.45, 7) is 7.26. The minimum absolute atomic E-state index is 0.0303. The minimum atomic E-state index is -0.786. The molecule has 3 atom stereocenters. The number of carbonyl (C=O) groups is 2. The van der Waals surface area contributed by atoms with Gasteiger partial charge in [-0.05, 0) is 31.2 Å². The van der Waals surface area contributed by atoms with Gasteiger partial charge in [0.1, 0.15) is 5.76 Å². The summed E-state index contributed by atoms with van der Waals surface area (Å²) in [5.74, 6) is 0.115. The molecule has 0 fully saturated rings. The van der Waals surface area contributed by atoms with E-state index in [1.54, 1.807) is 0 Å². The molecule has 0 aliphatic carbocycles. The summed E-state index contributed by atoms with van der Waals surface area (Å²) in [6, 6.07) is 9.82. The summed E-state index contributed by atoms with van der Waals surface area (Å²) >= 11 is 1.43. The zero-order chi connectivity index (χ0) is 21.2. The van der Waals surface area contributed by atoms with Crippen LogP contribution in [0.25, 0.3) is 0 Å². The van der Waals surface area contributed by atoms with Crippen molar-refractivity contribution in [3.63, 3.8) is 0 Å². The molecule has 1 rings (SSSR count). The topological polar surface area (TPSA) is 82.1 Å². The van der Waals surface area contributed by atoms with E-state index in [0.717, 1.165) is 5.56 Å². The van der Waals surface area contributed by atoms with E-state index in [1.165, 1.54) is 26.0 Å². The molecule has 3 unspecified atom stereocenters. The second kappa shape index (κ2) is 11.8. The Labute approximate surface area is 171 Å². The zero-order valence-electron chi connectivity index (χ0n) is 17.0. The molecule has 1 aromatic rings. The maximum Gasteiger partial charge on any atom is 0.312 e. The fourth-order valence-corrected chi connectivity index (χ4v) is 4.26. The van der Waals surface area contributed by atoms with Gasteiger partial charge in [-0.2, -0.15) is 11.8 Å². The molecule has 0 bridgehead atoms. The van der Waals surface area contributed by atoms with Crippen LogP contribution >= 0.6 is 11.8 Å². The Hall–Kier alpha value is -1.99. The molecule has 0 aromatic heterocycles. The van der Waals surface area contributed by atoms with E-state index in [4.69, 9.17) is 14.7 Å². The van der Waals surface area contributed by atoms with E-state index in [1.807, 2.05) is 44.2 Å². The lowest BCUT2D eigenvalue weighted by atomic mass is 9.76. The number of ether oxygens (including phenoxy) is 2. The molecule has 7 heteroatoms. The number of methoxy groups -OCH3 is 2. The summed E-state index contributed by atoms with van der Waals surface area (Å²) in [7, 11) is 2.75. The first kappa shape index (κ1) is 24.0. The molecule has 28 heavy (non-hydrogen) atoms. The number of benzene rings is 1. The Bertz CT molecular complexity index is 648. The smallest absolute Gasteiger partial charge is 0.312 e. The van der Waals surface area contributed by atoms with E-state index in [2.05, 4.69) is 11.5 Å². The molecular weight excluding hydrogens is 380 g/mol. The molecule has 0 amide bonds. The number of hydrogen-bond acceptors (Lipinski definition) is 7. The molecule has 1 N–H and O–H groups in total. The molecular formula is C21H30O6S. The van der Waals surface area contributed by atoms with Gasteiger partial charge in [0, 0.05) is 5.75 Å². The summed E-state index contributed by atoms with van der Waals surface area (Å²) < 4.78 is 9.93. The molecule has 0 aliphatic heterocycles. The van der Waals surface area contributed by atoms with E-state index in [9.17, 15) is 9.59 Å². The van der Waals surface area contributed by atoms with Crippen LogP contribution in [0.1, 0.15) is 38.2 Å². The van der Waals surface area contributed by atoms with Gasteiger partial charge in [0.2, 0.25) is 0 Å². The van der Waals surface area contributed by atoms with E-state index in [0.29, 0.717) is 24.3 Å². The SMILES string of the molecule is C=C(CSCC(C)(CC(CC(C)C(=O)OC)c1ccccc1)C(=O)OC)OO. The summed E-state index contributed by atoms with van der Waals surface area (Å²) in [5.41, 5.74) is 0.271. The Morgan fingerprint density at radius 2 is 1.86 bits per heavy atom. The molecule has 1 aromatic carbocycles. The minimum Gasteiger partial charge on any atom is -0.469 e. The van der Waals surface area contributed by atoms with Gasteiger partial charge in [0.25, 0.3) is 0 Å². The molecule has 0 spiro atoms. The van der Waals surface area contributed by atoms with Gasteiger partial charge in [-0.15, -0.1) is 0 Å². The highest BCUT2D eigenvalue weighted by molar-refractivity contribution is 7.99. The van der Waals surface area contributed by atoms with Crippen LogP contribution < -0.4 is 0 Å². The third kappa shape index (κ3) is 7.20. The molecule has 0 saturated heterocycles. The van der Waals surface area contributed by atoms with Gasteiger partial charge in [0.05, 0.1) is 31.3 Å². The monoisotopic (exact) mass is 410 g/mol. The van der Waals surface area contributed by atoms with Crippen molar-refractivity contribution in [3.05, 3.63) is 48.2 Å². The third-order valence-corrected chi connectivity index (χ3v) is 6.07. The molecule has 0 aliphatic rings. The van der Waals surface area contributed by atoms with Crippen LogP contribution in [0.2, 0.25) is 0 Å². The molecule has 0 heterocycles. The normalized spacial score (nSPS) is 15.0. The van der Waals surface area contributed by atoms with Crippen LogP contribution in [0, 0.1) is 11.3 Å². The van der Waals surface area contributed by atoms with Crippen molar-refractivity contribution in [2.45, 2.75) is 32.6 Å². The quantitative estimate of drug-likeness (QED) is 0.238. The van der Waals surface area contributed by atoms with Crippen LogP contribution in [-0.4, -0.2) is 42.9 Å². The van der Waals surface area contributed by atoms with Crippen molar-refractivity contribution < 1.29 is 29.2 Å². The van der Waals surface area contributed by atoms with Gasteiger partial charge < -0.3 is 14.4 Å². The third-order valence-electron chi connectivity index (χ3n) is 4.70. The molecule has 156 valence electrons. The maximum absolute atomic E-state index is 12.6. The lowest BCUT2D eigenvalue weighted by Gasteiger charge is -2.32. The fourth-order valence-electron chi connectivity index (χ4n) is 3.19. The van der Waals surface area contributed by atoms with Crippen LogP contribution in [0.15, 0.2) is 42.7 Å². The van der Waals surface area contributed by atoms with Crippen LogP contribution in [0.5, 0.6) is 0 Å². The summed E-state index contributed by atoms with van der Waals surface area (Å²) in [5, 5.41) is 8.64. The first-order valence-corrected chi connectivity index (χ1v) is 10.2. The Kier molecular flexibility index (Phi) is 10.1. The number of carbonyl (C=O) groups excluding carboxylic acids is 2. The van der Waals surface area contributed by atoms with Gasteiger partial charge in [-0.25, -0.2) is 5.26 Å². The largest absolute Gasteiger partial charge is 0.469 e. The van der Waals surface area contributed by atoms with E-state index < -0.39 is 5.41 Å². The van der Waals surface area contributed by atoms with Crippen molar-refractivity contribution >= 4 is 23.7 Å². The Morgan fingerprint density at radius 3 is 2.39 bits per heavy atom. The van der Waals surface area contributed by atoms with Gasteiger partial charge in [-0.1, -0.05) is 43.8 Å².